The van der Waals surface area contributed by atoms with Crippen molar-refractivity contribution in [3.05, 3.63) is 56.8 Å². The zero-order valence-electron chi connectivity index (χ0n) is 15.3. The van der Waals surface area contributed by atoms with Gasteiger partial charge in [0.05, 0.1) is 3.79 Å². The largest absolute Gasteiger partial charge is 0.361 e. The van der Waals surface area contributed by atoms with Gasteiger partial charge in [0.2, 0.25) is 5.91 Å². The summed E-state index contributed by atoms with van der Waals surface area (Å²) in [4.78, 5) is 21.7. The van der Waals surface area contributed by atoms with Crippen LogP contribution >= 0.6 is 27.3 Å². The average molecular weight is 446 g/mol. The van der Waals surface area contributed by atoms with E-state index in [-0.39, 0.29) is 0 Å². The second-order valence-electron chi connectivity index (χ2n) is 7.08. The minimum absolute atomic E-state index is 0.299. The number of rotatable bonds is 6. The van der Waals surface area contributed by atoms with Crippen LogP contribution in [0.15, 0.2) is 46.4 Å². The molecule has 2 aromatic heterocycles. The van der Waals surface area contributed by atoms with E-state index in [1.54, 1.807) is 11.3 Å². The molecule has 1 fully saturated rings. The van der Waals surface area contributed by atoms with Crippen LogP contribution in [0.4, 0.5) is 0 Å². The number of halogens is 1. The number of hydrogen-bond donors (Lipinski definition) is 1. The highest BCUT2D eigenvalue weighted by Crippen LogP contribution is 2.24. The van der Waals surface area contributed by atoms with Crippen LogP contribution in [0.1, 0.15) is 23.3 Å². The fourth-order valence-corrected chi connectivity index (χ4v) is 5.26. The van der Waals surface area contributed by atoms with Crippen molar-refractivity contribution in [3.63, 3.8) is 0 Å². The highest BCUT2D eigenvalue weighted by molar-refractivity contribution is 9.11. The van der Waals surface area contributed by atoms with Crippen molar-refractivity contribution in [2.75, 3.05) is 26.2 Å². The Kier molecular flexibility index (Phi) is 5.95. The van der Waals surface area contributed by atoms with Crippen molar-refractivity contribution in [1.82, 2.24) is 14.8 Å². The predicted octanol–water partition coefficient (Wildman–Crippen LogP) is 4.66. The summed E-state index contributed by atoms with van der Waals surface area (Å²) in [6.07, 6.45) is 4.57. The summed E-state index contributed by atoms with van der Waals surface area (Å²) in [5, 5.41) is 1.28. The minimum atomic E-state index is 0.299. The molecule has 0 saturated carbocycles. The lowest BCUT2D eigenvalue weighted by Crippen LogP contribution is -2.48. The van der Waals surface area contributed by atoms with E-state index in [9.17, 15) is 4.79 Å². The number of aryl methyl sites for hydroxylation is 1. The van der Waals surface area contributed by atoms with Gasteiger partial charge in [-0.15, -0.1) is 11.3 Å². The second kappa shape index (κ2) is 8.59. The van der Waals surface area contributed by atoms with Gasteiger partial charge in [-0.2, -0.15) is 0 Å². The lowest BCUT2D eigenvalue weighted by Gasteiger charge is -2.34. The molecule has 1 aliphatic rings. The third-order valence-electron chi connectivity index (χ3n) is 5.24. The Bertz CT molecular complexity index is 911. The molecule has 0 aliphatic carbocycles. The van der Waals surface area contributed by atoms with Gasteiger partial charge >= 0.3 is 0 Å². The minimum Gasteiger partial charge on any atom is -0.361 e. The van der Waals surface area contributed by atoms with Crippen LogP contribution in [0.2, 0.25) is 0 Å². The van der Waals surface area contributed by atoms with Crippen LogP contribution in [0.3, 0.4) is 0 Å². The number of fused-ring (bicyclic) bond motifs is 1. The standard InChI is InChI=1S/C21H24BrN3OS/c22-20-9-8-17(27-20)15-24-10-12-25(13-11-24)21(26)7-3-4-16-14-23-19-6-2-1-5-18(16)19/h1-2,5-6,8-9,14,23H,3-4,7,10-13,15H2. The van der Waals surface area contributed by atoms with Gasteiger partial charge in [-0.25, -0.2) is 0 Å². The lowest BCUT2D eigenvalue weighted by atomic mass is 10.1. The fourth-order valence-electron chi connectivity index (χ4n) is 3.74. The maximum Gasteiger partial charge on any atom is 0.222 e. The average Bonchev–Trinajstić information content (AvgIpc) is 3.28. The molecule has 4 rings (SSSR count). The number of para-hydroxylation sites is 1. The highest BCUT2D eigenvalue weighted by atomic mass is 79.9. The number of benzene rings is 1. The Morgan fingerprint density at radius 3 is 2.70 bits per heavy atom. The van der Waals surface area contributed by atoms with Crippen molar-refractivity contribution < 1.29 is 4.79 Å². The van der Waals surface area contributed by atoms with E-state index in [1.165, 1.54) is 25.1 Å². The molecule has 27 heavy (non-hydrogen) atoms. The monoisotopic (exact) mass is 445 g/mol. The fraction of sp³-hybridized carbons (Fsp3) is 0.381. The first-order valence-electron chi connectivity index (χ1n) is 9.48. The van der Waals surface area contributed by atoms with Gasteiger partial charge in [-0.3, -0.25) is 9.69 Å². The smallest absolute Gasteiger partial charge is 0.222 e. The molecule has 1 N–H and O–H groups in total. The molecule has 0 spiro atoms. The molecule has 1 amide bonds. The number of aromatic amines is 1. The molecule has 0 radical (unpaired) electrons. The summed E-state index contributed by atoms with van der Waals surface area (Å²) in [7, 11) is 0. The summed E-state index contributed by atoms with van der Waals surface area (Å²) in [6, 6.07) is 12.6. The summed E-state index contributed by atoms with van der Waals surface area (Å²) in [5.41, 5.74) is 2.48. The number of piperazine rings is 1. The van der Waals surface area contributed by atoms with Crippen molar-refractivity contribution in [2.45, 2.75) is 25.8 Å². The van der Waals surface area contributed by atoms with E-state index in [0.29, 0.717) is 12.3 Å². The van der Waals surface area contributed by atoms with Crippen molar-refractivity contribution in [2.24, 2.45) is 0 Å². The molecule has 6 heteroatoms. The molecular weight excluding hydrogens is 422 g/mol. The molecule has 0 bridgehead atoms. The molecular formula is C21H24BrN3OS. The molecule has 3 aromatic rings. The molecule has 1 aromatic carbocycles. The first kappa shape index (κ1) is 18.7. The highest BCUT2D eigenvalue weighted by Gasteiger charge is 2.21. The molecule has 0 atom stereocenters. The molecule has 3 heterocycles. The van der Waals surface area contributed by atoms with Gasteiger partial charge in [0.15, 0.2) is 0 Å². The summed E-state index contributed by atoms with van der Waals surface area (Å²) >= 11 is 5.31. The Hall–Kier alpha value is -1.63. The Labute approximate surface area is 172 Å². The lowest BCUT2D eigenvalue weighted by molar-refractivity contribution is -0.133. The van der Waals surface area contributed by atoms with Gasteiger partial charge in [0, 0.05) is 61.1 Å². The molecule has 0 unspecified atom stereocenters. The van der Waals surface area contributed by atoms with Crippen molar-refractivity contribution in [3.8, 4) is 0 Å². The Morgan fingerprint density at radius 1 is 1.11 bits per heavy atom. The van der Waals surface area contributed by atoms with Crippen LogP contribution in [-0.2, 0) is 17.8 Å². The van der Waals surface area contributed by atoms with Gasteiger partial charge in [0.1, 0.15) is 0 Å². The maximum absolute atomic E-state index is 12.6. The van der Waals surface area contributed by atoms with Gasteiger partial charge in [-0.05, 0) is 52.5 Å². The van der Waals surface area contributed by atoms with E-state index >= 15 is 0 Å². The van der Waals surface area contributed by atoms with Crippen LogP contribution < -0.4 is 0 Å². The van der Waals surface area contributed by atoms with E-state index in [1.807, 2.05) is 11.0 Å². The predicted molar refractivity (Wildman–Crippen MR) is 115 cm³/mol. The number of thiophene rings is 1. The summed E-state index contributed by atoms with van der Waals surface area (Å²) in [5.74, 6) is 0.299. The molecule has 1 aliphatic heterocycles. The van der Waals surface area contributed by atoms with Gasteiger partial charge < -0.3 is 9.88 Å². The summed E-state index contributed by atoms with van der Waals surface area (Å²) < 4.78 is 1.18. The van der Waals surface area contributed by atoms with E-state index < -0.39 is 0 Å². The van der Waals surface area contributed by atoms with Crippen LogP contribution in [0.5, 0.6) is 0 Å². The summed E-state index contributed by atoms with van der Waals surface area (Å²) in [6.45, 7) is 4.60. The number of H-pyrrole nitrogens is 1. The number of amides is 1. The zero-order valence-corrected chi connectivity index (χ0v) is 17.7. The van der Waals surface area contributed by atoms with E-state index in [4.69, 9.17) is 0 Å². The third kappa shape index (κ3) is 4.62. The Morgan fingerprint density at radius 2 is 1.93 bits per heavy atom. The maximum atomic E-state index is 12.6. The van der Waals surface area contributed by atoms with E-state index in [0.717, 1.165) is 45.6 Å². The molecule has 1 saturated heterocycles. The number of carbonyl (C=O) groups is 1. The van der Waals surface area contributed by atoms with Crippen molar-refractivity contribution >= 4 is 44.1 Å². The van der Waals surface area contributed by atoms with Gasteiger partial charge in [0.25, 0.3) is 0 Å². The Balaban J connectivity index is 1.21. The topological polar surface area (TPSA) is 39.3 Å². The number of nitrogens with zero attached hydrogens (tertiary/aromatic N) is 2. The second-order valence-corrected chi connectivity index (χ2v) is 9.62. The van der Waals surface area contributed by atoms with Gasteiger partial charge in [-0.1, -0.05) is 18.2 Å². The third-order valence-corrected chi connectivity index (χ3v) is 6.85. The SMILES string of the molecule is O=C(CCCc1c[nH]c2ccccc12)N1CCN(Cc2ccc(Br)s2)CC1. The van der Waals surface area contributed by atoms with Crippen LogP contribution in [0, 0.1) is 0 Å². The zero-order chi connectivity index (χ0) is 18.6. The number of carbonyl (C=O) groups excluding carboxylic acids is 1. The van der Waals surface area contributed by atoms with Crippen molar-refractivity contribution in [1.29, 1.82) is 0 Å². The number of nitrogens with one attached hydrogen (secondary N) is 1. The normalized spacial score (nSPS) is 15.5. The number of hydrogen-bond acceptors (Lipinski definition) is 3. The number of aromatic nitrogens is 1. The molecule has 142 valence electrons. The first-order chi connectivity index (χ1) is 13.2. The first-order valence-corrected chi connectivity index (χ1v) is 11.1. The van der Waals surface area contributed by atoms with Crippen LogP contribution in [-0.4, -0.2) is 46.9 Å². The van der Waals surface area contributed by atoms with E-state index in [2.05, 4.69) is 62.3 Å². The van der Waals surface area contributed by atoms with Crippen LogP contribution in [0.25, 0.3) is 10.9 Å². The molecule has 4 nitrogen and oxygen atoms in total. The quantitative estimate of drug-likeness (QED) is 0.599.